The zero-order valence-electron chi connectivity index (χ0n) is 9.68. The Hall–Kier alpha value is -2.54. The van der Waals surface area contributed by atoms with Crippen LogP contribution in [-0.2, 0) is 0 Å². The first kappa shape index (κ1) is 11.9. The molecular formula is C14H12N2O2. The van der Waals surface area contributed by atoms with Crippen molar-refractivity contribution in [2.75, 3.05) is 11.9 Å². The maximum atomic E-state index is 11.2. The number of terminal acetylenes is 1. The molecule has 2 rings (SSSR count). The van der Waals surface area contributed by atoms with Crippen LogP contribution in [0.1, 0.15) is 16.8 Å². The highest BCUT2D eigenvalue weighted by atomic mass is 16.4. The van der Waals surface area contributed by atoms with Crippen molar-refractivity contribution < 1.29 is 9.90 Å². The van der Waals surface area contributed by atoms with Gasteiger partial charge in [-0.05, 0) is 12.1 Å². The Labute approximate surface area is 105 Å². The highest BCUT2D eigenvalue weighted by Crippen LogP contribution is 2.20. The number of carboxylic acids is 1. The van der Waals surface area contributed by atoms with E-state index in [9.17, 15) is 4.79 Å². The van der Waals surface area contributed by atoms with E-state index < -0.39 is 5.97 Å². The van der Waals surface area contributed by atoms with Gasteiger partial charge in [0, 0.05) is 18.4 Å². The van der Waals surface area contributed by atoms with Gasteiger partial charge in [0.25, 0.3) is 0 Å². The first-order valence-electron chi connectivity index (χ1n) is 5.53. The highest BCUT2D eigenvalue weighted by Gasteiger charge is 2.12. The number of para-hydroxylation sites is 1. The molecule has 0 unspecified atom stereocenters. The minimum absolute atomic E-state index is 0.158. The van der Waals surface area contributed by atoms with Crippen LogP contribution in [0.2, 0.25) is 0 Å². The minimum Gasteiger partial charge on any atom is -0.478 e. The second-order valence-electron chi connectivity index (χ2n) is 3.76. The van der Waals surface area contributed by atoms with Gasteiger partial charge in [0.15, 0.2) is 0 Å². The van der Waals surface area contributed by atoms with Gasteiger partial charge >= 0.3 is 5.97 Å². The molecule has 0 radical (unpaired) electrons. The molecule has 90 valence electrons. The monoisotopic (exact) mass is 240 g/mol. The van der Waals surface area contributed by atoms with Crippen molar-refractivity contribution in [2.45, 2.75) is 6.42 Å². The van der Waals surface area contributed by atoms with E-state index in [1.165, 1.54) is 0 Å². The van der Waals surface area contributed by atoms with E-state index in [4.69, 9.17) is 11.5 Å². The number of carboxylic acid groups (broad SMARTS) is 1. The summed E-state index contributed by atoms with van der Waals surface area (Å²) in [5.41, 5.74) is 0.913. The topological polar surface area (TPSA) is 62.2 Å². The van der Waals surface area contributed by atoms with Gasteiger partial charge in [0.2, 0.25) is 0 Å². The molecule has 1 aromatic heterocycles. The van der Waals surface area contributed by atoms with E-state index in [1.807, 2.05) is 24.3 Å². The standard InChI is InChI=1S/C14H12N2O2/c1-2-3-8-15-13-11(14(17)18)9-10-6-4-5-7-12(10)16-13/h1,4-7,9H,3,8H2,(H,15,16)(H,17,18). The van der Waals surface area contributed by atoms with Gasteiger partial charge < -0.3 is 10.4 Å². The Kier molecular flexibility index (Phi) is 3.44. The van der Waals surface area contributed by atoms with Crippen LogP contribution >= 0.6 is 0 Å². The van der Waals surface area contributed by atoms with Crippen molar-refractivity contribution in [3.05, 3.63) is 35.9 Å². The molecule has 0 saturated heterocycles. The number of carbonyl (C=O) groups is 1. The molecule has 0 amide bonds. The third-order valence-electron chi connectivity index (χ3n) is 2.52. The summed E-state index contributed by atoms with van der Waals surface area (Å²) in [6.07, 6.45) is 5.68. The molecular weight excluding hydrogens is 228 g/mol. The number of benzene rings is 1. The summed E-state index contributed by atoms with van der Waals surface area (Å²) >= 11 is 0. The van der Waals surface area contributed by atoms with Crippen LogP contribution in [0.3, 0.4) is 0 Å². The number of aromatic nitrogens is 1. The number of anilines is 1. The molecule has 0 aliphatic heterocycles. The predicted molar refractivity (Wildman–Crippen MR) is 70.6 cm³/mol. The predicted octanol–water partition coefficient (Wildman–Crippen LogP) is 2.37. The lowest BCUT2D eigenvalue weighted by atomic mass is 10.1. The van der Waals surface area contributed by atoms with Crippen LogP contribution in [0.15, 0.2) is 30.3 Å². The lowest BCUT2D eigenvalue weighted by molar-refractivity contribution is 0.0698. The average molecular weight is 240 g/mol. The highest BCUT2D eigenvalue weighted by molar-refractivity contribution is 5.98. The molecule has 0 spiro atoms. The van der Waals surface area contributed by atoms with Crippen LogP contribution < -0.4 is 5.32 Å². The number of aromatic carboxylic acids is 1. The molecule has 1 aromatic carbocycles. The van der Waals surface area contributed by atoms with Gasteiger partial charge in [0.05, 0.1) is 5.52 Å². The van der Waals surface area contributed by atoms with Gasteiger partial charge in [-0.2, -0.15) is 0 Å². The molecule has 0 aliphatic rings. The van der Waals surface area contributed by atoms with Crippen LogP contribution in [-0.4, -0.2) is 22.6 Å². The van der Waals surface area contributed by atoms with Gasteiger partial charge in [-0.25, -0.2) is 9.78 Å². The third-order valence-corrected chi connectivity index (χ3v) is 2.52. The van der Waals surface area contributed by atoms with Gasteiger partial charge in [-0.1, -0.05) is 18.2 Å². The fourth-order valence-corrected chi connectivity index (χ4v) is 1.67. The summed E-state index contributed by atoms with van der Waals surface area (Å²) < 4.78 is 0. The second-order valence-corrected chi connectivity index (χ2v) is 3.76. The molecule has 0 atom stereocenters. The van der Waals surface area contributed by atoms with E-state index in [2.05, 4.69) is 16.2 Å². The van der Waals surface area contributed by atoms with Crippen molar-refractivity contribution in [3.63, 3.8) is 0 Å². The van der Waals surface area contributed by atoms with Crippen LogP contribution in [0.25, 0.3) is 10.9 Å². The quantitative estimate of drug-likeness (QED) is 0.636. The Balaban J connectivity index is 2.45. The molecule has 0 bridgehead atoms. The zero-order valence-corrected chi connectivity index (χ0v) is 9.68. The summed E-state index contributed by atoms with van der Waals surface area (Å²) in [4.78, 5) is 15.5. The van der Waals surface area contributed by atoms with Crippen LogP contribution in [0.5, 0.6) is 0 Å². The largest absolute Gasteiger partial charge is 0.478 e. The number of pyridine rings is 1. The van der Waals surface area contributed by atoms with E-state index >= 15 is 0 Å². The summed E-state index contributed by atoms with van der Waals surface area (Å²) in [5.74, 6) is 1.84. The van der Waals surface area contributed by atoms with Gasteiger partial charge in [0.1, 0.15) is 11.4 Å². The van der Waals surface area contributed by atoms with E-state index in [1.54, 1.807) is 6.07 Å². The van der Waals surface area contributed by atoms with E-state index in [-0.39, 0.29) is 5.56 Å². The fraction of sp³-hybridized carbons (Fsp3) is 0.143. The van der Waals surface area contributed by atoms with Crippen molar-refractivity contribution >= 4 is 22.7 Å². The fourth-order valence-electron chi connectivity index (χ4n) is 1.67. The normalized spacial score (nSPS) is 9.94. The van der Waals surface area contributed by atoms with Crippen LogP contribution in [0.4, 0.5) is 5.82 Å². The lowest BCUT2D eigenvalue weighted by Crippen LogP contribution is -2.09. The van der Waals surface area contributed by atoms with Crippen molar-refractivity contribution in [3.8, 4) is 12.3 Å². The number of hydrogen-bond acceptors (Lipinski definition) is 3. The first-order chi connectivity index (χ1) is 8.72. The number of nitrogens with zero attached hydrogens (tertiary/aromatic N) is 1. The summed E-state index contributed by atoms with van der Waals surface area (Å²) in [7, 11) is 0. The van der Waals surface area contributed by atoms with E-state index in [0.29, 0.717) is 18.8 Å². The Morgan fingerprint density at radius 1 is 1.44 bits per heavy atom. The first-order valence-corrected chi connectivity index (χ1v) is 5.53. The summed E-state index contributed by atoms with van der Waals surface area (Å²) in [6.45, 7) is 0.502. The smallest absolute Gasteiger partial charge is 0.339 e. The van der Waals surface area contributed by atoms with Crippen molar-refractivity contribution in [2.24, 2.45) is 0 Å². The molecule has 4 nitrogen and oxygen atoms in total. The Bertz CT molecular complexity index is 629. The number of hydrogen-bond donors (Lipinski definition) is 2. The van der Waals surface area contributed by atoms with Crippen molar-refractivity contribution in [1.29, 1.82) is 0 Å². The summed E-state index contributed by atoms with van der Waals surface area (Å²) in [6, 6.07) is 9.00. The third kappa shape index (κ3) is 2.41. The second kappa shape index (κ2) is 5.19. The maximum Gasteiger partial charge on any atom is 0.339 e. The number of rotatable bonds is 4. The van der Waals surface area contributed by atoms with Gasteiger partial charge in [-0.3, -0.25) is 0 Å². The lowest BCUT2D eigenvalue weighted by Gasteiger charge is -2.08. The van der Waals surface area contributed by atoms with Gasteiger partial charge in [-0.15, -0.1) is 12.3 Å². The molecule has 2 aromatic rings. The Morgan fingerprint density at radius 2 is 2.22 bits per heavy atom. The molecule has 0 saturated carbocycles. The Morgan fingerprint density at radius 3 is 2.94 bits per heavy atom. The molecule has 0 fully saturated rings. The maximum absolute atomic E-state index is 11.2. The average Bonchev–Trinajstić information content (AvgIpc) is 2.38. The molecule has 4 heteroatoms. The molecule has 1 heterocycles. The van der Waals surface area contributed by atoms with E-state index in [0.717, 1.165) is 10.9 Å². The minimum atomic E-state index is -1.00. The SMILES string of the molecule is C#CCCNc1nc2ccccc2cc1C(=O)O. The molecule has 0 aliphatic carbocycles. The number of nitrogens with one attached hydrogen (secondary N) is 1. The van der Waals surface area contributed by atoms with Crippen LogP contribution in [0, 0.1) is 12.3 Å². The zero-order chi connectivity index (χ0) is 13.0. The molecule has 18 heavy (non-hydrogen) atoms. The summed E-state index contributed by atoms with van der Waals surface area (Å²) in [5, 5.41) is 12.9. The molecule has 2 N–H and O–H groups in total. The number of fused-ring (bicyclic) bond motifs is 1. The van der Waals surface area contributed by atoms with Crippen molar-refractivity contribution in [1.82, 2.24) is 4.98 Å².